The molecule has 2 aromatic carbocycles. The highest BCUT2D eigenvalue weighted by atomic mass is 19.1. The van der Waals surface area contributed by atoms with Gasteiger partial charge in [-0.15, -0.1) is 0 Å². The summed E-state index contributed by atoms with van der Waals surface area (Å²) in [7, 11) is 0. The first kappa shape index (κ1) is 23.6. The van der Waals surface area contributed by atoms with Crippen molar-refractivity contribution in [1.29, 1.82) is 0 Å². The third kappa shape index (κ3) is 4.03. The summed E-state index contributed by atoms with van der Waals surface area (Å²) >= 11 is 0. The molecule has 6 heteroatoms. The summed E-state index contributed by atoms with van der Waals surface area (Å²) in [5, 5.41) is 3.14. The number of amides is 2. The van der Waals surface area contributed by atoms with Crippen LogP contribution in [0.4, 0.5) is 14.5 Å². The summed E-state index contributed by atoms with van der Waals surface area (Å²) in [6.45, 7) is 5.06. The standard InChI is InChI=1S/C30H34F2N2O2/c1-28-11-19-12-29(2,16-28)18-30(13-19,17-28)14-26(35)33-25-8-3-5-21-20(25)9-10-34(27(21)36)15-22-23(31)6-4-7-24(22)32/h3-8,19H,9-18H2,1-2H3,(H,33,35). The molecule has 0 spiro atoms. The van der Waals surface area contributed by atoms with Gasteiger partial charge < -0.3 is 10.2 Å². The van der Waals surface area contributed by atoms with E-state index in [2.05, 4.69) is 19.2 Å². The van der Waals surface area contributed by atoms with E-state index in [1.54, 1.807) is 12.1 Å². The first-order valence-electron chi connectivity index (χ1n) is 13.2. The van der Waals surface area contributed by atoms with Crippen LogP contribution in [0.2, 0.25) is 0 Å². The van der Waals surface area contributed by atoms with Gasteiger partial charge in [0.2, 0.25) is 5.91 Å². The van der Waals surface area contributed by atoms with Crippen molar-refractivity contribution in [2.75, 3.05) is 11.9 Å². The molecule has 4 bridgehead atoms. The fraction of sp³-hybridized carbons (Fsp3) is 0.533. The smallest absolute Gasteiger partial charge is 0.254 e. The van der Waals surface area contributed by atoms with Crippen molar-refractivity contribution in [3.63, 3.8) is 0 Å². The molecule has 1 heterocycles. The number of hydrogen-bond acceptors (Lipinski definition) is 2. The number of benzene rings is 2. The zero-order valence-corrected chi connectivity index (χ0v) is 21.1. The van der Waals surface area contributed by atoms with Crippen LogP contribution < -0.4 is 5.32 Å². The molecule has 4 aliphatic carbocycles. The van der Waals surface area contributed by atoms with Crippen LogP contribution in [0.3, 0.4) is 0 Å². The number of hydrogen-bond donors (Lipinski definition) is 1. The van der Waals surface area contributed by atoms with E-state index >= 15 is 0 Å². The molecule has 1 N–H and O–H groups in total. The Morgan fingerprint density at radius 2 is 1.67 bits per heavy atom. The highest BCUT2D eigenvalue weighted by Crippen LogP contribution is 2.70. The minimum Gasteiger partial charge on any atom is -0.334 e. The number of carbonyl (C=O) groups is 2. The van der Waals surface area contributed by atoms with Crippen LogP contribution in [0.25, 0.3) is 0 Å². The van der Waals surface area contributed by atoms with E-state index < -0.39 is 11.6 Å². The normalized spacial score (nSPS) is 32.5. The number of rotatable bonds is 5. The molecule has 0 radical (unpaired) electrons. The fourth-order valence-corrected chi connectivity index (χ4v) is 9.13. The first-order chi connectivity index (χ1) is 17.1. The molecule has 2 unspecified atom stereocenters. The van der Waals surface area contributed by atoms with E-state index in [4.69, 9.17) is 0 Å². The van der Waals surface area contributed by atoms with Crippen molar-refractivity contribution in [2.24, 2.45) is 22.2 Å². The number of nitrogens with one attached hydrogen (secondary N) is 1. The molecule has 5 aliphatic rings. The molecule has 0 saturated heterocycles. The Morgan fingerprint density at radius 3 is 2.33 bits per heavy atom. The summed E-state index contributed by atoms with van der Waals surface area (Å²) in [6, 6.07) is 9.10. The maximum Gasteiger partial charge on any atom is 0.254 e. The molecule has 2 amide bonds. The Kier molecular flexibility index (Phi) is 5.33. The van der Waals surface area contributed by atoms with Crippen molar-refractivity contribution in [3.05, 3.63) is 64.7 Å². The largest absolute Gasteiger partial charge is 0.334 e. The lowest BCUT2D eigenvalue weighted by atomic mass is 9.40. The number of fused-ring (bicyclic) bond motifs is 1. The van der Waals surface area contributed by atoms with E-state index in [1.165, 1.54) is 42.4 Å². The SMILES string of the molecule is CC12CC3CC(C)(C1)CC(CC(=O)Nc1cccc4c1CCN(Cc1c(F)cccc1F)C4=O)(C3)C2. The van der Waals surface area contributed by atoms with Gasteiger partial charge in [0.05, 0.1) is 6.54 Å². The van der Waals surface area contributed by atoms with E-state index in [0.717, 1.165) is 30.7 Å². The van der Waals surface area contributed by atoms with Crippen LogP contribution in [0.5, 0.6) is 0 Å². The topological polar surface area (TPSA) is 49.4 Å². The predicted molar refractivity (Wildman–Crippen MR) is 134 cm³/mol. The molecule has 1 aliphatic heterocycles. The van der Waals surface area contributed by atoms with Crippen molar-refractivity contribution in [3.8, 4) is 0 Å². The molecule has 36 heavy (non-hydrogen) atoms. The molecular weight excluding hydrogens is 458 g/mol. The lowest BCUT2D eigenvalue weighted by molar-refractivity contribution is -0.153. The zero-order valence-electron chi connectivity index (χ0n) is 21.1. The van der Waals surface area contributed by atoms with Crippen molar-refractivity contribution >= 4 is 17.5 Å². The van der Waals surface area contributed by atoms with Gasteiger partial charge in [0.15, 0.2) is 0 Å². The van der Waals surface area contributed by atoms with Gasteiger partial charge in [-0.2, -0.15) is 0 Å². The van der Waals surface area contributed by atoms with Gasteiger partial charge in [-0.1, -0.05) is 26.0 Å². The second kappa shape index (κ2) is 8.12. The van der Waals surface area contributed by atoms with Gasteiger partial charge in [-0.25, -0.2) is 8.78 Å². The molecule has 4 saturated carbocycles. The molecule has 2 atom stereocenters. The highest BCUT2D eigenvalue weighted by Gasteiger charge is 2.60. The summed E-state index contributed by atoms with van der Waals surface area (Å²) in [6.07, 6.45) is 8.35. The van der Waals surface area contributed by atoms with Crippen molar-refractivity contribution in [2.45, 2.75) is 71.8 Å². The summed E-state index contributed by atoms with van der Waals surface area (Å²) in [5.41, 5.74) is 2.68. The van der Waals surface area contributed by atoms with E-state index in [0.29, 0.717) is 41.5 Å². The maximum atomic E-state index is 14.2. The molecule has 190 valence electrons. The molecule has 7 rings (SSSR count). The molecule has 2 aromatic rings. The van der Waals surface area contributed by atoms with Crippen LogP contribution in [0.15, 0.2) is 36.4 Å². The van der Waals surface area contributed by atoms with Crippen molar-refractivity contribution < 1.29 is 18.4 Å². The molecule has 4 nitrogen and oxygen atoms in total. The second-order valence-electron chi connectivity index (χ2n) is 12.9. The van der Waals surface area contributed by atoms with Gasteiger partial charge in [0.25, 0.3) is 5.91 Å². The van der Waals surface area contributed by atoms with E-state index in [-0.39, 0.29) is 29.3 Å². The second-order valence-corrected chi connectivity index (χ2v) is 12.9. The number of halogens is 2. The Hall–Kier alpha value is -2.76. The predicted octanol–water partition coefficient (Wildman–Crippen LogP) is 6.49. The Labute approximate surface area is 211 Å². The van der Waals surface area contributed by atoms with Crippen LogP contribution in [0, 0.1) is 33.8 Å². The van der Waals surface area contributed by atoms with Gasteiger partial charge in [0.1, 0.15) is 11.6 Å². The van der Waals surface area contributed by atoms with Gasteiger partial charge in [0, 0.05) is 29.8 Å². The summed E-state index contributed by atoms with van der Waals surface area (Å²) in [4.78, 5) is 28.1. The minimum absolute atomic E-state index is 0.0286. The first-order valence-corrected chi connectivity index (χ1v) is 13.2. The lowest BCUT2D eigenvalue weighted by Crippen LogP contribution is -2.55. The Bertz CT molecular complexity index is 1220. The number of nitrogens with zero attached hydrogens (tertiary/aromatic N) is 1. The highest BCUT2D eigenvalue weighted by molar-refractivity contribution is 6.00. The van der Waals surface area contributed by atoms with Crippen molar-refractivity contribution in [1.82, 2.24) is 4.90 Å². The van der Waals surface area contributed by atoms with Crippen LogP contribution >= 0.6 is 0 Å². The third-order valence-corrected chi connectivity index (χ3v) is 9.29. The molecule has 0 aromatic heterocycles. The van der Waals surface area contributed by atoms with Gasteiger partial charge >= 0.3 is 0 Å². The maximum absolute atomic E-state index is 14.2. The third-order valence-electron chi connectivity index (χ3n) is 9.29. The minimum atomic E-state index is -0.651. The average molecular weight is 493 g/mol. The van der Waals surface area contributed by atoms with E-state index in [9.17, 15) is 18.4 Å². The van der Waals surface area contributed by atoms with Crippen LogP contribution in [-0.4, -0.2) is 23.3 Å². The fourth-order valence-electron chi connectivity index (χ4n) is 9.13. The number of carbonyl (C=O) groups excluding carboxylic acids is 2. The monoisotopic (exact) mass is 492 g/mol. The zero-order chi connectivity index (χ0) is 25.3. The Morgan fingerprint density at radius 1 is 1.00 bits per heavy atom. The molecular formula is C30H34F2N2O2. The van der Waals surface area contributed by atoms with Crippen LogP contribution in [-0.2, 0) is 17.8 Å². The Balaban J connectivity index is 1.18. The summed E-state index contributed by atoms with van der Waals surface area (Å²) in [5.74, 6) is -0.807. The molecule has 4 fully saturated rings. The average Bonchev–Trinajstić information content (AvgIpc) is 2.75. The summed E-state index contributed by atoms with van der Waals surface area (Å²) < 4.78 is 28.3. The number of anilines is 1. The lowest BCUT2D eigenvalue weighted by Gasteiger charge is -2.65. The van der Waals surface area contributed by atoms with Crippen LogP contribution in [0.1, 0.15) is 80.3 Å². The quantitative estimate of drug-likeness (QED) is 0.519. The van der Waals surface area contributed by atoms with Gasteiger partial charge in [-0.05, 0) is 96.9 Å². The van der Waals surface area contributed by atoms with E-state index in [1.807, 2.05) is 6.07 Å². The van der Waals surface area contributed by atoms with Gasteiger partial charge in [-0.3, -0.25) is 9.59 Å².